The third-order valence-corrected chi connectivity index (χ3v) is 8.29. The lowest BCUT2D eigenvalue weighted by atomic mass is 10.2. The van der Waals surface area contributed by atoms with Gasteiger partial charge in [0.05, 0.1) is 14.6 Å². The number of esters is 1. The molecule has 0 aliphatic carbocycles. The number of fused-ring (bicyclic) bond motifs is 2. The van der Waals surface area contributed by atoms with E-state index in [1.54, 1.807) is 22.7 Å². The van der Waals surface area contributed by atoms with Gasteiger partial charge in [0.1, 0.15) is 26.4 Å². The number of hydrogen-bond donors (Lipinski definition) is 0. The molecule has 0 aromatic carbocycles. The van der Waals surface area contributed by atoms with Gasteiger partial charge in [-0.3, -0.25) is 0 Å². The van der Waals surface area contributed by atoms with Crippen molar-refractivity contribution in [2.24, 2.45) is 0 Å². The van der Waals surface area contributed by atoms with Crippen LogP contribution in [0.15, 0.2) is 12.1 Å². The highest BCUT2D eigenvalue weighted by molar-refractivity contribution is 7.27. The van der Waals surface area contributed by atoms with Gasteiger partial charge in [-0.15, -0.1) is 34.0 Å². The predicted octanol–water partition coefficient (Wildman–Crippen LogP) is 5.33. The van der Waals surface area contributed by atoms with Crippen molar-refractivity contribution in [3.05, 3.63) is 21.9 Å². The van der Waals surface area contributed by atoms with Gasteiger partial charge >= 0.3 is 5.97 Å². The van der Waals surface area contributed by atoms with Crippen LogP contribution in [-0.2, 0) is 4.74 Å². The van der Waals surface area contributed by atoms with Gasteiger partial charge in [0, 0.05) is 16.2 Å². The molecule has 9 heteroatoms. The smallest absolute Gasteiger partial charge is 0.485 e. The standard InChI is InChI=1S/C21H20O6S3/c1-3-6-27-21(22)13-5-4-12(29-13)18-16-17(26-10-9-25-16)20(30-18)19-15-14(11(2)28-19)23-7-8-24-15/h4-5H,3,6-10H2,1-2H3/p+1. The van der Waals surface area contributed by atoms with E-state index in [2.05, 4.69) is 0 Å². The van der Waals surface area contributed by atoms with E-state index in [-0.39, 0.29) is 5.97 Å². The molecule has 0 atom stereocenters. The number of rotatable bonds is 5. The molecule has 0 amide bonds. The van der Waals surface area contributed by atoms with E-state index in [0.717, 1.165) is 53.8 Å². The van der Waals surface area contributed by atoms with Crippen LogP contribution in [0.4, 0.5) is 0 Å². The zero-order valence-corrected chi connectivity index (χ0v) is 19.1. The first-order chi connectivity index (χ1) is 14.7. The van der Waals surface area contributed by atoms with Crippen molar-refractivity contribution < 1.29 is 28.5 Å². The number of hydrogen-bond acceptors (Lipinski definition) is 8. The molecule has 158 valence electrons. The molecule has 0 spiro atoms. The maximum Gasteiger partial charge on any atom is 0.528 e. The molecule has 0 bridgehead atoms. The van der Waals surface area contributed by atoms with Gasteiger partial charge in [0.15, 0.2) is 34.5 Å². The fourth-order valence-corrected chi connectivity index (χ4v) is 6.72. The van der Waals surface area contributed by atoms with Crippen LogP contribution in [0.3, 0.4) is 0 Å². The molecule has 30 heavy (non-hydrogen) atoms. The van der Waals surface area contributed by atoms with Crippen LogP contribution in [0.1, 0.15) is 23.1 Å². The molecule has 2 aliphatic heterocycles. The SMILES string of the molecule is CCCOC(=[OH+])c1ccc(-c2sc(-c3sc(C)c4c3OCCO4)c3c2OCCO3)s1. The van der Waals surface area contributed by atoms with Crippen molar-refractivity contribution >= 4 is 40.0 Å². The van der Waals surface area contributed by atoms with Crippen molar-refractivity contribution in [1.82, 2.24) is 0 Å². The molecule has 3 aromatic heterocycles. The molecule has 2 aliphatic rings. The summed E-state index contributed by atoms with van der Waals surface area (Å²) < 4.78 is 29.2. The van der Waals surface area contributed by atoms with E-state index in [1.165, 1.54) is 11.3 Å². The molecular weight excluding hydrogens is 444 g/mol. The van der Waals surface area contributed by atoms with Gasteiger partial charge in [-0.1, -0.05) is 6.92 Å². The summed E-state index contributed by atoms with van der Waals surface area (Å²) in [4.78, 5) is 16.0. The average Bonchev–Trinajstić information content (AvgIpc) is 3.48. The molecular formula is C21H21O6S3+. The number of ether oxygens (including phenoxy) is 5. The van der Waals surface area contributed by atoms with Crippen LogP contribution >= 0.6 is 34.0 Å². The van der Waals surface area contributed by atoms with Crippen molar-refractivity contribution in [3.63, 3.8) is 0 Å². The number of thiophene rings is 3. The van der Waals surface area contributed by atoms with Gasteiger partial charge in [0.25, 0.3) is 0 Å². The quantitative estimate of drug-likeness (QED) is 0.376. The summed E-state index contributed by atoms with van der Waals surface area (Å²) in [5.41, 5.74) is 0. The fourth-order valence-electron chi connectivity index (χ4n) is 3.35. The van der Waals surface area contributed by atoms with Crippen LogP contribution in [0.5, 0.6) is 23.0 Å². The van der Waals surface area contributed by atoms with E-state index in [9.17, 15) is 4.79 Å². The molecule has 6 nitrogen and oxygen atoms in total. The third kappa shape index (κ3) is 3.34. The van der Waals surface area contributed by atoms with Gasteiger partial charge in [0.2, 0.25) is 0 Å². The van der Waals surface area contributed by atoms with Crippen LogP contribution in [0, 0.1) is 6.92 Å². The van der Waals surface area contributed by atoms with Gasteiger partial charge < -0.3 is 28.5 Å². The van der Waals surface area contributed by atoms with Crippen LogP contribution in [0.2, 0.25) is 0 Å². The van der Waals surface area contributed by atoms with E-state index < -0.39 is 0 Å². The number of aryl methyl sites for hydroxylation is 1. The van der Waals surface area contributed by atoms with E-state index in [1.807, 2.05) is 26.0 Å². The first-order valence-corrected chi connectivity index (χ1v) is 12.2. The molecule has 0 unspecified atom stereocenters. The summed E-state index contributed by atoms with van der Waals surface area (Å²) in [7, 11) is 0. The summed E-state index contributed by atoms with van der Waals surface area (Å²) in [6, 6.07) is 3.85. The van der Waals surface area contributed by atoms with Crippen molar-refractivity contribution in [2.45, 2.75) is 20.3 Å². The van der Waals surface area contributed by atoms with Gasteiger partial charge in [-0.25, -0.2) is 0 Å². The Morgan fingerprint density at radius 3 is 2.17 bits per heavy atom. The normalized spacial score (nSPS) is 14.6. The minimum Gasteiger partial charge on any atom is -0.485 e. The van der Waals surface area contributed by atoms with Crippen LogP contribution in [0.25, 0.3) is 19.5 Å². The molecule has 5 heterocycles. The second-order valence-electron chi connectivity index (χ2n) is 6.78. The zero-order chi connectivity index (χ0) is 20.7. The second kappa shape index (κ2) is 8.13. The first-order valence-electron chi connectivity index (χ1n) is 9.78. The molecule has 3 aromatic rings. The van der Waals surface area contributed by atoms with Gasteiger partial charge in [-0.2, -0.15) is 0 Å². The Kier molecular flexibility index (Phi) is 5.34. The highest BCUT2D eigenvalue weighted by atomic mass is 32.1. The maximum absolute atomic E-state index is 10.2. The van der Waals surface area contributed by atoms with E-state index >= 15 is 0 Å². The lowest BCUT2D eigenvalue weighted by molar-refractivity contribution is 0.171. The molecule has 0 saturated carbocycles. The Morgan fingerprint density at radius 2 is 1.47 bits per heavy atom. The Balaban J connectivity index is 1.57. The fraction of sp³-hybridized carbons (Fsp3) is 0.381. The monoisotopic (exact) mass is 465 g/mol. The second-order valence-corrected chi connectivity index (χ2v) is 10.1. The summed E-state index contributed by atoms with van der Waals surface area (Å²) in [6.07, 6.45) is 0.839. The van der Waals surface area contributed by atoms with E-state index in [4.69, 9.17) is 23.7 Å². The van der Waals surface area contributed by atoms with Crippen molar-refractivity contribution in [1.29, 1.82) is 0 Å². The van der Waals surface area contributed by atoms with Crippen LogP contribution < -0.4 is 18.9 Å². The number of carbonyl (C=O) groups excluding carboxylic acids is 1. The topological polar surface area (TPSA) is 67.6 Å². The molecule has 0 fully saturated rings. The van der Waals surface area contributed by atoms with Crippen molar-refractivity contribution in [2.75, 3.05) is 33.0 Å². The third-order valence-electron chi connectivity index (χ3n) is 4.65. The van der Waals surface area contributed by atoms with Crippen molar-refractivity contribution in [3.8, 4) is 42.5 Å². The van der Waals surface area contributed by atoms with Crippen LogP contribution in [-0.4, -0.2) is 43.8 Å². The first kappa shape index (κ1) is 19.7. The highest BCUT2D eigenvalue weighted by Crippen LogP contribution is 2.59. The molecule has 5 rings (SSSR count). The summed E-state index contributed by atoms with van der Waals surface area (Å²) in [5.74, 6) is 3.08. The Morgan fingerprint density at radius 1 is 0.867 bits per heavy atom. The Bertz CT molecular complexity index is 1090. The Hall–Kier alpha value is -2.23. The van der Waals surface area contributed by atoms with Gasteiger partial charge in [-0.05, 0) is 19.1 Å². The Labute approximate surface area is 185 Å². The molecule has 0 radical (unpaired) electrons. The minimum absolute atomic E-state index is 0.0376. The molecule has 1 N–H and O–H groups in total. The summed E-state index contributed by atoms with van der Waals surface area (Å²) in [5, 5.41) is 0. The lowest BCUT2D eigenvalue weighted by Gasteiger charge is -2.18. The predicted molar refractivity (Wildman–Crippen MR) is 120 cm³/mol. The zero-order valence-electron chi connectivity index (χ0n) is 16.6. The lowest BCUT2D eigenvalue weighted by Crippen LogP contribution is -2.15. The summed E-state index contributed by atoms with van der Waals surface area (Å²) >= 11 is 4.73. The average molecular weight is 466 g/mol. The highest BCUT2D eigenvalue weighted by Gasteiger charge is 2.33. The largest absolute Gasteiger partial charge is 0.528 e. The maximum atomic E-state index is 10.2. The minimum atomic E-state index is -0.0376. The summed E-state index contributed by atoms with van der Waals surface area (Å²) in [6.45, 7) is 6.65. The van der Waals surface area contributed by atoms with E-state index in [0.29, 0.717) is 37.9 Å². The molecule has 0 saturated heterocycles.